The van der Waals surface area contributed by atoms with Gasteiger partial charge in [0.2, 0.25) is 0 Å². The quantitative estimate of drug-likeness (QED) is 0.741. The normalized spacial score (nSPS) is 13.6. The van der Waals surface area contributed by atoms with Crippen LogP contribution in [0.3, 0.4) is 0 Å². The summed E-state index contributed by atoms with van der Waals surface area (Å²) in [6, 6.07) is 5.60. The number of rotatable bonds is 2. The Kier molecular flexibility index (Phi) is 4.31. The van der Waals surface area contributed by atoms with Crippen molar-refractivity contribution < 1.29 is 4.79 Å². The molecule has 2 N–H and O–H groups in total. The molecule has 21 heavy (non-hydrogen) atoms. The lowest BCUT2D eigenvalue weighted by Gasteiger charge is -2.14. The zero-order valence-electron chi connectivity index (χ0n) is 11.8. The SMILES string of the molecule is Cc1cc(NC(=O)Nc2csc3c2CCCC3)ccc1Br. The number of nitrogens with one attached hydrogen (secondary N) is 2. The molecule has 5 heteroatoms. The Bertz CT molecular complexity index is 681. The van der Waals surface area contributed by atoms with Crippen LogP contribution in [0.25, 0.3) is 0 Å². The molecule has 1 aromatic heterocycles. The van der Waals surface area contributed by atoms with Gasteiger partial charge in [-0.2, -0.15) is 0 Å². The fourth-order valence-corrected chi connectivity index (χ4v) is 3.93. The minimum atomic E-state index is -0.178. The van der Waals surface area contributed by atoms with Crippen LogP contribution >= 0.6 is 27.3 Å². The van der Waals surface area contributed by atoms with Crippen molar-refractivity contribution in [2.45, 2.75) is 32.6 Å². The molecule has 1 aliphatic rings. The molecule has 2 aromatic rings. The van der Waals surface area contributed by atoms with Crippen LogP contribution in [0, 0.1) is 6.92 Å². The number of hydrogen-bond donors (Lipinski definition) is 2. The van der Waals surface area contributed by atoms with Gasteiger partial charge < -0.3 is 10.6 Å². The fraction of sp³-hybridized carbons (Fsp3) is 0.312. The Labute approximate surface area is 136 Å². The predicted octanol–water partition coefficient (Wildman–Crippen LogP) is 5.34. The molecule has 0 atom stereocenters. The number of urea groups is 1. The van der Waals surface area contributed by atoms with Crippen LogP contribution in [0.4, 0.5) is 16.2 Å². The number of aryl methyl sites for hydroxylation is 2. The first kappa shape index (κ1) is 14.6. The molecule has 0 aliphatic heterocycles. The van der Waals surface area contributed by atoms with Crippen LogP contribution in [0.1, 0.15) is 28.8 Å². The number of hydrogen-bond acceptors (Lipinski definition) is 2. The fourth-order valence-electron chi connectivity index (χ4n) is 2.61. The highest BCUT2D eigenvalue weighted by Gasteiger charge is 2.17. The summed E-state index contributed by atoms with van der Waals surface area (Å²) in [6.07, 6.45) is 4.70. The van der Waals surface area contributed by atoms with Gasteiger partial charge in [-0.15, -0.1) is 11.3 Å². The standard InChI is InChI=1S/C16H17BrN2OS/c1-10-8-11(6-7-13(10)17)18-16(20)19-14-9-21-15-5-3-2-4-12(14)15/h6-9H,2-5H2,1H3,(H2,18,19,20). The maximum absolute atomic E-state index is 12.1. The molecule has 1 aromatic carbocycles. The topological polar surface area (TPSA) is 41.1 Å². The van der Waals surface area contributed by atoms with E-state index < -0.39 is 0 Å². The van der Waals surface area contributed by atoms with Crippen LogP contribution in [0.2, 0.25) is 0 Å². The van der Waals surface area contributed by atoms with Crippen molar-refractivity contribution in [2.24, 2.45) is 0 Å². The van der Waals surface area contributed by atoms with Gasteiger partial charge in [-0.25, -0.2) is 4.79 Å². The molecule has 0 bridgehead atoms. The van der Waals surface area contributed by atoms with Gasteiger partial charge in [0.25, 0.3) is 0 Å². The largest absolute Gasteiger partial charge is 0.323 e. The van der Waals surface area contributed by atoms with Gasteiger partial charge in [0, 0.05) is 20.4 Å². The van der Waals surface area contributed by atoms with E-state index in [4.69, 9.17) is 0 Å². The third-order valence-corrected chi connectivity index (χ3v) is 5.70. The highest BCUT2D eigenvalue weighted by atomic mass is 79.9. The third kappa shape index (κ3) is 3.30. The number of fused-ring (bicyclic) bond motifs is 1. The van der Waals surface area contributed by atoms with Gasteiger partial charge in [0.05, 0.1) is 5.69 Å². The molecule has 0 saturated carbocycles. The van der Waals surface area contributed by atoms with E-state index in [9.17, 15) is 4.79 Å². The molecule has 0 radical (unpaired) electrons. The molecule has 110 valence electrons. The van der Waals surface area contributed by atoms with Crippen molar-refractivity contribution in [1.29, 1.82) is 0 Å². The lowest BCUT2D eigenvalue weighted by Crippen LogP contribution is -2.20. The molecule has 0 fully saturated rings. The second kappa shape index (κ2) is 6.20. The van der Waals surface area contributed by atoms with Gasteiger partial charge in [-0.1, -0.05) is 15.9 Å². The zero-order chi connectivity index (χ0) is 14.8. The Morgan fingerprint density at radius 1 is 1.24 bits per heavy atom. The molecule has 3 nitrogen and oxygen atoms in total. The van der Waals surface area contributed by atoms with E-state index in [1.54, 1.807) is 11.3 Å². The van der Waals surface area contributed by atoms with E-state index in [1.807, 2.05) is 25.1 Å². The van der Waals surface area contributed by atoms with Crippen LogP contribution < -0.4 is 10.6 Å². The molecule has 0 spiro atoms. The first-order valence-corrected chi connectivity index (χ1v) is 8.74. The monoisotopic (exact) mass is 364 g/mol. The first-order chi connectivity index (χ1) is 10.1. The molecule has 0 unspecified atom stereocenters. The molecule has 1 heterocycles. The molecule has 0 saturated heterocycles. The van der Waals surface area contributed by atoms with Crippen molar-refractivity contribution in [3.05, 3.63) is 44.1 Å². The van der Waals surface area contributed by atoms with Crippen LogP contribution in [-0.2, 0) is 12.8 Å². The second-order valence-electron chi connectivity index (χ2n) is 5.30. The minimum Gasteiger partial charge on any atom is -0.308 e. The van der Waals surface area contributed by atoms with E-state index >= 15 is 0 Å². The smallest absolute Gasteiger partial charge is 0.308 e. The molecule has 2 amide bonds. The molecular weight excluding hydrogens is 348 g/mol. The Balaban J connectivity index is 1.69. The van der Waals surface area contributed by atoms with E-state index in [0.29, 0.717) is 0 Å². The summed E-state index contributed by atoms with van der Waals surface area (Å²) in [5, 5.41) is 7.93. The van der Waals surface area contributed by atoms with Crippen molar-refractivity contribution in [3.8, 4) is 0 Å². The lowest BCUT2D eigenvalue weighted by atomic mass is 9.98. The number of carbonyl (C=O) groups excluding carboxylic acids is 1. The van der Waals surface area contributed by atoms with Crippen molar-refractivity contribution in [2.75, 3.05) is 10.6 Å². The van der Waals surface area contributed by atoms with Crippen LogP contribution in [0.5, 0.6) is 0 Å². The van der Waals surface area contributed by atoms with E-state index in [2.05, 4.69) is 31.9 Å². The molecule has 3 rings (SSSR count). The summed E-state index contributed by atoms with van der Waals surface area (Å²) in [6.45, 7) is 2.00. The highest BCUT2D eigenvalue weighted by Crippen LogP contribution is 2.33. The lowest BCUT2D eigenvalue weighted by molar-refractivity contribution is 0.262. The summed E-state index contributed by atoms with van der Waals surface area (Å²) >= 11 is 5.21. The minimum absolute atomic E-state index is 0.178. The maximum Gasteiger partial charge on any atom is 0.323 e. The number of thiophene rings is 1. The number of benzene rings is 1. The van der Waals surface area contributed by atoms with Crippen molar-refractivity contribution in [1.82, 2.24) is 0 Å². The van der Waals surface area contributed by atoms with Gasteiger partial charge in [0.1, 0.15) is 0 Å². The van der Waals surface area contributed by atoms with Crippen molar-refractivity contribution in [3.63, 3.8) is 0 Å². The number of carbonyl (C=O) groups is 1. The highest BCUT2D eigenvalue weighted by molar-refractivity contribution is 9.10. The maximum atomic E-state index is 12.1. The molecule has 1 aliphatic carbocycles. The van der Waals surface area contributed by atoms with Crippen molar-refractivity contribution >= 4 is 44.7 Å². The summed E-state index contributed by atoms with van der Waals surface area (Å²) < 4.78 is 1.04. The van der Waals surface area contributed by atoms with Gasteiger partial charge in [-0.3, -0.25) is 0 Å². The summed E-state index contributed by atoms with van der Waals surface area (Å²) in [5.41, 5.74) is 4.20. The van der Waals surface area contributed by atoms with E-state index in [-0.39, 0.29) is 6.03 Å². The summed E-state index contributed by atoms with van der Waals surface area (Å²) in [5.74, 6) is 0. The van der Waals surface area contributed by atoms with E-state index in [1.165, 1.54) is 23.3 Å². The average Bonchev–Trinajstić information content (AvgIpc) is 2.86. The van der Waals surface area contributed by atoms with Gasteiger partial charge in [0.15, 0.2) is 0 Å². The third-order valence-electron chi connectivity index (χ3n) is 3.73. The molecular formula is C16H17BrN2OS. The van der Waals surface area contributed by atoms with Crippen LogP contribution in [-0.4, -0.2) is 6.03 Å². The van der Waals surface area contributed by atoms with Crippen LogP contribution in [0.15, 0.2) is 28.1 Å². The number of amides is 2. The Hall–Kier alpha value is -1.33. The Morgan fingerprint density at radius 3 is 2.86 bits per heavy atom. The Morgan fingerprint density at radius 2 is 2.05 bits per heavy atom. The zero-order valence-corrected chi connectivity index (χ0v) is 14.2. The first-order valence-electron chi connectivity index (χ1n) is 7.07. The van der Waals surface area contributed by atoms with E-state index in [0.717, 1.165) is 34.3 Å². The predicted molar refractivity (Wildman–Crippen MR) is 92.5 cm³/mol. The number of anilines is 2. The van der Waals surface area contributed by atoms with Gasteiger partial charge >= 0.3 is 6.03 Å². The second-order valence-corrected chi connectivity index (χ2v) is 7.12. The average molecular weight is 365 g/mol. The number of halogens is 1. The van der Waals surface area contributed by atoms with Gasteiger partial charge in [-0.05, 0) is 61.9 Å². The summed E-state index contributed by atoms with van der Waals surface area (Å²) in [4.78, 5) is 13.6. The summed E-state index contributed by atoms with van der Waals surface area (Å²) in [7, 11) is 0.